The topological polar surface area (TPSA) is 50.2 Å². The van der Waals surface area contributed by atoms with Crippen LogP contribution in [0.25, 0.3) is 5.69 Å². The van der Waals surface area contributed by atoms with Crippen LogP contribution in [-0.4, -0.2) is 27.3 Å². The zero-order chi connectivity index (χ0) is 18.6. The van der Waals surface area contributed by atoms with Gasteiger partial charge in [-0.05, 0) is 42.7 Å². The molecule has 0 bridgehead atoms. The fourth-order valence-electron chi connectivity index (χ4n) is 3.50. The Labute approximate surface area is 163 Å². The van der Waals surface area contributed by atoms with Crippen molar-refractivity contribution < 1.29 is 4.79 Å². The smallest absolute Gasteiger partial charge is 0.318 e. The van der Waals surface area contributed by atoms with Crippen LogP contribution in [0.5, 0.6) is 0 Å². The molecule has 1 aromatic heterocycles. The summed E-state index contributed by atoms with van der Waals surface area (Å²) in [6.07, 6.45) is 5.73. The summed E-state index contributed by atoms with van der Waals surface area (Å²) in [5, 5.41) is 8.08. The van der Waals surface area contributed by atoms with Gasteiger partial charge >= 0.3 is 6.03 Å². The van der Waals surface area contributed by atoms with E-state index in [0.29, 0.717) is 11.6 Å². The Bertz CT molecular complexity index is 907. The zero-order valence-electron chi connectivity index (χ0n) is 14.9. The van der Waals surface area contributed by atoms with Gasteiger partial charge in [-0.1, -0.05) is 41.9 Å². The SMILES string of the molecule is O=C(NCc1cnn(-c2ccc(Cl)cc2)c1)N1CCCC1c1ccccc1. The van der Waals surface area contributed by atoms with Crippen LogP contribution in [0.3, 0.4) is 0 Å². The first kappa shape index (κ1) is 17.6. The number of halogens is 1. The number of hydrogen-bond acceptors (Lipinski definition) is 2. The van der Waals surface area contributed by atoms with E-state index in [2.05, 4.69) is 22.5 Å². The number of nitrogens with one attached hydrogen (secondary N) is 1. The molecule has 2 amide bonds. The number of urea groups is 1. The molecule has 6 heteroatoms. The van der Waals surface area contributed by atoms with Gasteiger partial charge in [-0.2, -0.15) is 5.10 Å². The fraction of sp³-hybridized carbons (Fsp3) is 0.238. The third-order valence-corrected chi connectivity index (χ3v) is 5.12. The Morgan fingerprint density at radius 3 is 2.70 bits per heavy atom. The molecule has 4 rings (SSSR count). The van der Waals surface area contributed by atoms with Crippen molar-refractivity contribution >= 4 is 17.6 Å². The van der Waals surface area contributed by atoms with E-state index in [0.717, 1.165) is 30.6 Å². The lowest BCUT2D eigenvalue weighted by atomic mass is 10.1. The predicted octanol–water partition coefficient (Wildman–Crippen LogP) is 4.57. The van der Waals surface area contributed by atoms with Crippen LogP contribution in [0.1, 0.15) is 30.0 Å². The normalized spacial score (nSPS) is 16.5. The number of carbonyl (C=O) groups is 1. The van der Waals surface area contributed by atoms with Gasteiger partial charge in [-0.25, -0.2) is 9.48 Å². The minimum absolute atomic E-state index is 0.0272. The lowest BCUT2D eigenvalue weighted by molar-refractivity contribution is 0.192. The first-order valence-corrected chi connectivity index (χ1v) is 9.47. The Balaban J connectivity index is 1.39. The molecule has 1 unspecified atom stereocenters. The molecule has 1 N–H and O–H groups in total. The van der Waals surface area contributed by atoms with Gasteiger partial charge in [0.2, 0.25) is 0 Å². The molecule has 1 saturated heterocycles. The molecule has 3 aromatic rings. The van der Waals surface area contributed by atoms with Gasteiger partial charge in [0.15, 0.2) is 0 Å². The maximum absolute atomic E-state index is 12.7. The highest BCUT2D eigenvalue weighted by atomic mass is 35.5. The van der Waals surface area contributed by atoms with Crippen LogP contribution in [0.15, 0.2) is 67.0 Å². The second-order valence-electron chi connectivity index (χ2n) is 6.69. The number of carbonyl (C=O) groups excluding carboxylic acids is 1. The largest absolute Gasteiger partial charge is 0.334 e. The summed E-state index contributed by atoms with van der Waals surface area (Å²) >= 11 is 5.93. The zero-order valence-corrected chi connectivity index (χ0v) is 15.6. The second kappa shape index (κ2) is 7.84. The predicted molar refractivity (Wildman–Crippen MR) is 106 cm³/mol. The molecular weight excluding hydrogens is 360 g/mol. The first-order chi connectivity index (χ1) is 13.2. The number of benzene rings is 2. The van der Waals surface area contributed by atoms with Crippen LogP contribution in [0, 0.1) is 0 Å². The Kier molecular flexibility index (Phi) is 5.12. The number of hydrogen-bond donors (Lipinski definition) is 1. The fourth-order valence-corrected chi connectivity index (χ4v) is 3.62. The number of amides is 2. The van der Waals surface area contributed by atoms with E-state index in [-0.39, 0.29) is 12.1 Å². The van der Waals surface area contributed by atoms with E-state index in [4.69, 9.17) is 11.6 Å². The quantitative estimate of drug-likeness (QED) is 0.720. The maximum atomic E-state index is 12.7. The van der Waals surface area contributed by atoms with Gasteiger partial charge in [0.05, 0.1) is 17.9 Å². The van der Waals surface area contributed by atoms with Crippen LogP contribution < -0.4 is 5.32 Å². The molecule has 0 radical (unpaired) electrons. The molecule has 138 valence electrons. The van der Waals surface area contributed by atoms with Crippen LogP contribution in [0.4, 0.5) is 4.79 Å². The van der Waals surface area contributed by atoms with Crippen molar-refractivity contribution in [3.05, 3.63) is 83.1 Å². The summed E-state index contributed by atoms with van der Waals surface area (Å²) in [7, 11) is 0. The van der Waals surface area contributed by atoms with Gasteiger partial charge in [0, 0.05) is 29.9 Å². The molecular formula is C21H21ClN4O. The number of nitrogens with zero attached hydrogens (tertiary/aromatic N) is 3. The lowest BCUT2D eigenvalue weighted by Crippen LogP contribution is -2.39. The second-order valence-corrected chi connectivity index (χ2v) is 7.13. The van der Waals surface area contributed by atoms with E-state index < -0.39 is 0 Å². The van der Waals surface area contributed by atoms with Crippen molar-refractivity contribution in [3.8, 4) is 5.69 Å². The minimum Gasteiger partial charge on any atom is -0.334 e. The number of rotatable bonds is 4. The summed E-state index contributed by atoms with van der Waals surface area (Å²) in [6.45, 7) is 1.24. The Morgan fingerprint density at radius 2 is 1.93 bits per heavy atom. The highest BCUT2D eigenvalue weighted by Gasteiger charge is 2.29. The van der Waals surface area contributed by atoms with Gasteiger partial charge in [0.1, 0.15) is 0 Å². The molecule has 5 nitrogen and oxygen atoms in total. The van der Waals surface area contributed by atoms with E-state index in [1.807, 2.05) is 53.6 Å². The van der Waals surface area contributed by atoms with E-state index >= 15 is 0 Å². The molecule has 0 saturated carbocycles. The monoisotopic (exact) mass is 380 g/mol. The maximum Gasteiger partial charge on any atom is 0.318 e. The number of likely N-dealkylation sites (tertiary alicyclic amines) is 1. The van der Waals surface area contributed by atoms with Crippen molar-refractivity contribution in [2.75, 3.05) is 6.54 Å². The summed E-state index contributed by atoms with van der Waals surface area (Å²) in [5.74, 6) is 0. The standard InChI is InChI=1S/C21H21ClN4O/c22-18-8-10-19(11-9-18)26-15-16(14-24-26)13-23-21(27)25-12-4-7-20(25)17-5-2-1-3-6-17/h1-3,5-6,8-11,14-15,20H,4,7,12-13H2,(H,23,27). The minimum atomic E-state index is -0.0272. The molecule has 2 aromatic carbocycles. The third kappa shape index (κ3) is 3.98. The summed E-state index contributed by atoms with van der Waals surface area (Å²) in [5.41, 5.74) is 3.08. The van der Waals surface area contributed by atoms with Crippen molar-refractivity contribution in [2.24, 2.45) is 0 Å². The highest BCUT2D eigenvalue weighted by molar-refractivity contribution is 6.30. The molecule has 1 atom stereocenters. The van der Waals surface area contributed by atoms with Gasteiger partial charge in [-0.3, -0.25) is 0 Å². The van der Waals surface area contributed by atoms with Gasteiger partial charge in [-0.15, -0.1) is 0 Å². The third-order valence-electron chi connectivity index (χ3n) is 4.87. The van der Waals surface area contributed by atoms with Crippen molar-refractivity contribution in [2.45, 2.75) is 25.4 Å². The lowest BCUT2D eigenvalue weighted by Gasteiger charge is -2.25. The molecule has 1 aliphatic heterocycles. The van der Waals surface area contributed by atoms with Gasteiger partial charge in [0.25, 0.3) is 0 Å². The highest BCUT2D eigenvalue weighted by Crippen LogP contribution is 2.31. The molecule has 0 spiro atoms. The molecule has 1 aliphatic rings. The van der Waals surface area contributed by atoms with Crippen molar-refractivity contribution in [1.29, 1.82) is 0 Å². The summed E-state index contributed by atoms with van der Waals surface area (Å²) in [6, 6.07) is 17.8. The van der Waals surface area contributed by atoms with E-state index in [1.54, 1.807) is 10.9 Å². The Hall–Kier alpha value is -2.79. The molecule has 0 aliphatic carbocycles. The molecule has 27 heavy (non-hydrogen) atoms. The average molecular weight is 381 g/mol. The first-order valence-electron chi connectivity index (χ1n) is 9.09. The summed E-state index contributed by atoms with van der Waals surface area (Å²) < 4.78 is 1.78. The Morgan fingerprint density at radius 1 is 1.15 bits per heavy atom. The number of aromatic nitrogens is 2. The average Bonchev–Trinajstić information content (AvgIpc) is 3.37. The molecule has 1 fully saturated rings. The van der Waals surface area contributed by atoms with Crippen molar-refractivity contribution in [3.63, 3.8) is 0 Å². The van der Waals surface area contributed by atoms with E-state index in [1.165, 1.54) is 5.56 Å². The van der Waals surface area contributed by atoms with E-state index in [9.17, 15) is 4.79 Å². The van der Waals surface area contributed by atoms with Gasteiger partial charge < -0.3 is 10.2 Å². The van der Waals surface area contributed by atoms with Crippen LogP contribution >= 0.6 is 11.6 Å². The van der Waals surface area contributed by atoms with Crippen molar-refractivity contribution in [1.82, 2.24) is 20.0 Å². The van der Waals surface area contributed by atoms with Crippen LogP contribution in [-0.2, 0) is 6.54 Å². The molecule has 2 heterocycles. The summed E-state index contributed by atoms with van der Waals surface area (Å²) in [4.78, 5) is 14.6. The van der Waals surface area contributed by atoms with Crippen LogP contribution in [0.2, 0.25) is 5.02 Å².